The van der Waals surface area contributed by atoms with E-state index >= 15 is 0 Å². The largest absolute Gasteiger partial charge is 0.294 e. The Bertz CT molecular complexity index is 695. The predicted octanol–water partition coefficient (Wildman–Crippen LogP) is 5.93. The standard InChI is InChI=1S/C24H35NO2S2/c1-3-5-7-12-16-28-23-18-20(19-14-10-9-11-15-19)24(23,22(27)25-21(23)26)29-17-13-8-6-4-2/h9-11,14-15,20H,3-8,12-13,16-18H2,1-2H3,(H,25,26,27)/t20-,23-,24+/m0/s1. The third kappa shape index (κ3) is 4.27. The van der Waals surface area contributed by atoms with Crippen LogP contribution in [0.2, 0.25) is 0 Å². The van der Waals surface area contributed by atoms with Crippen molar-refractivity contribution in [3.63, 3.8) is 0 Å². The minimum atomic E-state index is -0.646. The molecular weight excluding hydrogens is 398 g/mol. The van der Waals surface area contributed by atoms with Gasteiger partial charge in [0.2, 0.25) is 11.8 Å². The highest BCUT2D eigenvalue weighted by Gasteiger charge is 2.77. The monoisotopic (exact) mass is 433 g/mol. The SMILES string of the molecule is CCCCCCS[C@]12C[C@@H](c3ccccc3)[C@@]1(SCCCCCC)C(=O)NC2=O. The first kappa shape index (κ1) is 22.7. The molecule has 2 fully saturated rings. The maximum Gasteiger partial charge on any atom is 0.245 e. The van der Waals surface area contributed by atoms with E-state index in [0.29, 0.717) is 0 Å². The van der Waals surface area contributed by atoms with Crippen molar-refractivity contribution >= 4 is 35.3 Å². The molecule has 1 aliphatic carbocycles. The van der Waals surface area contributed by atoms with Gasteiger partial charge < -0.3 is 0 Å². The van der Waals surface area contributed by atoms with Crippen LogP contribution < -0.4 is 5.32 Å². The van der Waals surface area contributed by atoms with E-state index in [1.54, 1.807) is 23.5 Å². The van der Waals surface area contributed by atoms with E-state index in [-0.39, 0.29) is 17.7 Å². The molecule has 0 radical (unpaired) electrons. The second kappa shape index (κ2) is 10.4. The number of imide groups is 1. The first-order chi connectivity index (χ1) is 14.1. The molecule has 0 aromatic heterocycles. The Hall–Kier alpha value is -0.940. The predicted molar refractivity (Wildman–Crippen MR) is 126 cm³/mol. The Labute approximate surface area is 184 Å². The zero-order valence-electron chi connectivity index (χ0n) is 17.9. The van der Waals surface area contributed by atoms with Gasteiger partial charge in [-0.2, -0.15) is 0 Å². The molecule has 160 valence electrons. The molecule has 1 heterocycles. The quantitative estimate of drug-likeness (QED) is 0.309. The van der Waals surface area contributed by atoms with Crippen molar-refractivity contribution < 1.29 is 9.59 Å². The van der Waals surface area contributed by atoms with Crippen molar-refractivity contribution in [1.82, 2.24) is 5.32 Å². The van der Waals surface area contributed by atoms with Crippen molar-refractivity contribution in [3.8, 4) is 0 Å². The van der Waals surface area contributed by atoms with Gasteiger partial charge in [-0.1, -0.05) is 82.7 Å². The van der Waals surface area contributed by atoms with Crippen LogP contribution in [-0.4, -0.2) is 32.8 Å². The average Bonchev–Trinajstić information content (AvgIpc) is 2.86. The number of benzene rings is 1. The van der Waals surface area contributed by atoms with Gasteiger partial charge in [-0.15, -0.1) is 23.5 Å². The van der Waals surface area contributed by atoms with Gasteiger partial charge >= 0.3 is 0 Å². The molecular formula is C24H35NO2S2. The lowest BCUT2D eigenvalue weighted by Gasteiger charge is -2.56. The highest BCUT2D eigenvalue weighted by molar-refractivity contribution is 8.06. The van der Waals surface area contributed by atoms with E-state index in [1.165, 1.54) is 44.1 Å². The molecule has 3 atom stereocenters. The molecule has 1 saturated heterocycles. The fourth-order valence-electron chi connectivity index (χ4n) is 4.72. The lowest BCUT2D eigenvalue weighted by molar-refractivity contribution is -0.125. The summed E-state index contributed by atoms with van der Waals surface area (Å²) in [6.45, 7) is 4.43. The van der Waals surface area contributed by atoms with E-state index in [0.717, 1.165) is 30.8 Å². The number of thioether (sulfide) groups is 2. The third-order valence-corrected chi connectivity index (χ3v) is 9.94. The Morgan fingerprint density at radius 1 is 0.862 bits per heavy atom. The molecule has 0 unspecified atom stereocenters. The summed E-state index contributed by atoms with van der Waals surface area (Å²) in [7, 11) is 0. The topological polar surface area (TPSA) is 46.2 Å². The van der Waals surface area contributed by atoms with Gasteiger partial charge in [0.15, 0.2) is 0 Å². The number of nitrogens with one attached hydrogen (secondary N) is 1. The van der Waals surface area contributed by atoms with Gasteiger partial charge in [0, 0.05) is 5.92 Å². The molecule has 1 aromatic carbocycles. The third-order valence-electron chi connectivity index (χ3n) is 6.39. The highest BCUT2D eigenvalue weighted by atomic mass is 32.2. The number of rotatable bonds is 13. The first-order valence-electron chi connectivity index (χ1n) is 11.3. The van der Waals surface area contributed by atoms with Crippen molar-refractivity contribution in [3.05, 3.63) is 35.9 Å². The van der Waals surface area contributed by atoms with Crippen LogP contribution in [0.1, 0.15) is 83.1 Å². The summed E-state index contributed by atoms with van der Waals surface area (Å²) in [5, 5.41) is 2.74. The number of hydrogen-bond acceptors (Lipinski definition) is 4. The number of hydrogen-bond donors (Lipinski definition) is 1. The summed E-state index contributed by atoms with van der Waals surface area (Å²) in [5.41, 5.74) is 1.20. The Balaban J connectivity index is 1.80. The molecule has 1 aromatic rings. The minimum Gasteiger partial charge on any atom is -0.294 e. The van der Waals surface area contributed by atoms with Crippen molar-refractivity contribution in [2.75, 3.05) is 11.5 Å². The second-order valence-corrected chi connectivity index (χ2v) is 11.1. The Kier molecular flexibility index (Phi) is 8.15. The van der Waals surface area contributed by atoms with Crippen LogP contribution in [0.15, 0.2) is 30.3 Å². The molecule has 3 nitrogen and oxygen atoms in total. The van der Waals surface area contributed by atoms with Crippen LogP contribution in [0.25, 0.3) is 0 Å². The zero-order valence-corrected chi connectivity index (χ0v) is 19.5. The normalized spacial score (nSPS) is 28.1. The van der Waals surface area contributed by atoms with E-state index in [4.69, 9.17) is 0 Å². The maximum atomic E-state index is 13.2. The van der Waals surface area contributed by atoms with Gasteiger partial charge in [-0.25, -0.2) is 0 Å². The smallest absolute Gasteiger partial charge is 0.245 e. The molecule has 29 heavy (non-hydrogen) atoms. The lowest BCUT2D eigenvalue weighted by Crippen LogP contribution is -2.66. The summed E-state index contributed by atoms with van der Waals surface area (Å²) < 4.78 is -1.24. The van der Waals surface area contributed by atoms with Crippen molar-refractivity contribution in [2.45, 2.75) is 87.0 Å². The minimum absolute atomic E-state index is 0.0452. The van der Waals surface area contributed by atoms with Crippen LogP contribution in [0.4, 0.5) is 0 Å². The van der Waals surface area contributed by atoms with E-state index in [9.17, 15) is 9.59 Å². The summed E-state index contributed by atoms with van der Waals surface area (Å²) in [6, 6.07) is 10.3. The van der Waals surface area contributed by atoms with Crippen LogP contribution >= 0.6 is 23.5 Å². The number of amides is 2. The van der Waals surface area contributed by atoms with Crippen LogP contribution in [-0.2, 0) is 9.59 Å². The van der Waals surface area contributed by atoms with Crippen LogP contribution in [0.5, 0.6) is 0 Å². The average molecular weight is 434 g/mol. The van der Waals surface area contributed by atoms with Gasteiger partial charge in [0.1, 0.15) is 9.49 Å². The number of carbonyl (C=O) groups excluding carboxylic acids is 2. The molecule has 1 saturated carbocycles. The Morgan fingerprint density at radius 3 is 2.10 bits per heavy atom. The number of fused-ring (bicyclic) bond motifs is 1. The van der Waals surface area contributed by atoms with Gasteiger partial charge in [0.05, 0.1) is 0 Å². The van der Waals surface area contributed by atoms with E-state index in [2.05, 4.69) is 31.3 Å². The van der Waals surface area contributed by atoms with Crippen LogP contribution in [0, 0.1) is 0 Å². The molecule has 0 spiro atoms. The molecule has 5 heteroatoms. The first-order valence-corrected chi connectivity index (χ1v) is 13.3. The number of carbonyl (C=O) groups is 2. The highest BCUT2D eigenvalue weighted by Crippen LogP contribution is 2.68. The summed E-state index contributed by atoms with van der Waals surface area (Å²) in [5.74, 6) is 1.93. The Morgan fingerprint density at radius 2 is 1.48 bits per heavy atom. The molecule has 3 rings (SSSR count). The molecule has 0 bridgehead atoms. The van der Waals surface area contributed by atoms with Crippen molar-refractivity contribution in [1.29, 1.82) is 0 Å². The molecule has 2 amide bonds. The molecule has 2 aliphatic rings. The van der Waals surface area contributed by atoms with Gasteiger partial charge in [-0.3, -0.25) is 14.9 Å². The van der Waals surface area contributed by atoms with E-state index in [1.807, 2.05) is 18.2 Å². The fourth-order valence-corrected chi connectivity index (χ4v) is 8.37. The van der Waals surface area contributed by atoms with Crippen LogP contribution in [0.3, 0.4) is 0 Å². The molecule has 1 aliphatic heterocycles. The zero-order chi connectivity index (χ0) is 20.7. The fraction of sp³-hybridized carbons (Fsp3) is 0.667. The van der Waals surface area contributed by atoms with E-state index < -0.39 is 9.49 Å². The lowest BCUT2D eigenvalue weighted by atomic mass is 9.61. The summed E-state index contributed by atoms with van der Waals surface area (Å²) in [6.07, 6.45) is 10.3. The number of unbranched alkanes of at least 4 members (excludes halogenated alkanes) is 6. The summed E-state index contributed by atoms with van der Waals surface area (Å²) >= 11 is 3.52. The van der Waals surface area contributed by atoms with Crippen molar-refractivity contribution in [2.24, 2.45) is 0 Å². The second-order valence-electron chi connectivity index (χ2n) is 8.33. The maximum absolute atomic E-state index is 13.2. The van der Waals surface area contributed by atoms with Gasteiger partial charge in [0.25, 0.3) is 0 Å². The summed E-state index contributed by atoms with van der Waals surface area (Å²) in [4.78, 5) is 26.3. The van der Waals surface area contributed by atoms with Gasteiger partial charge in [-0.05, 0) is 36.3 Å². The molecule has 1 N–H and O–H groups in total.